The van der Waals surface area contributed by atoms with Gasteiger partial charge in [0, 0.05) is 23.8 Å². The average Bonchev–Trinajstić information content (AvgIpc) is 2.89. The van der Waals surface area contributed by atoms with Crippen molar-refractivity contribution in [2.24, 2.45) is 5.73 Å². The number of amidine groups is 1. The van der Waals surface area contributed by atoms with Crippen LogP contribution in [-0.4, -0.2) is 30.1 Å². The van der Waals surface area contributed by atoms with E-state index in [1.807, 2.05) is 24.3 Å². The molecule has 1 saturated carbocycles. The molecule has 0 radical (unpaired) electrons. The maximum atomic E-state index is 9.26. The lowest BCUT2D eigenvalue weighted by Gasteiger charge is -2.32. The van der Waals surface area contributed by atoms with Crippen LogP contribution in [0.3, 0.4) is 0 Å². The molecule has 0 unspecified atom stereocenters. The van der Waals surface area contributed by atoms with Crippen LogP contribution in [0, 0.1) is 5.41 Å². The van der Waals surface area contributed by atoms with Crippen LogP contribution in [0.25, 0.3) is 0 Å². The number of nitrogens with two attached hydrogens (primary N) is 1. The van der Waals surface area contributed by atoms with Gasteiger partial charge in [-0.2, -0.15) is 0 Å². The van der Waals surface area contributed by atoms with E-state index in [-0.39, 0.29) is 12.4 Å². The number of nitrogens with one attached hydrogen (secondary N) is 1. The number of anilines is 1. The number of hydrogen-bond donors (Lipinski definition) is 3. The summed E-state index contributed by atoms with van der Waals surface area (Å²) < 4.78 is 0. The van der Waals surface area contributed by atoms with Crippen molar-refractivity contribution in [1.29, 1.82) is 5.41 Å². The second-order valence-corrected chi connectivity index (χ2v) is 4.79. The molecule has 18 heavy (non-hydrogen) atoms. The Morgan fingerprint density at radius 3 is 2.61 bits per heavy atom. The largest absolute Gasteiger partial charge is 0.395 e. The smallest absolute Gasteiger partial charge is 0.124 e. The zero-order valence-electron chi connectivity index (χ0n) is 10.6. The number of aliphatic hydroxyl groups excluding tert-OH is 1. The Kier molecular flexibility index (Phi) is 4.20. The lowest BCUT2D eigenvalue weighted by atomic mass is 10.1. The van der Waals surface area contributed by atoms with Gasteiger partial charge in [0.1, 0.15) is 5.84 Å². The van der Waals surface area contributed by atoms with Crippen LogP contribution in [0.15, 0.2) is 24.3 Å². The van der Waals surface area contributed by atoms with Gasteiger partial charge in [0.15, 0.2) is 0 Å². The van der Waals surface area contributed by atoms with Crippen LogP contribution in [0.1, 0.15) is 31.2 Å². The fourth-order valence-corrected chi connectivity index (χ4v) is 2.78. The molecule has 4 N–H and O–H groups in total. The molecule has 4 nitrogen and oxygen atoms in total. The SMILES string of the molecule is N=C(N)c1ccccc1N(CCO)C1CCCC1. The van der Waals surface area contributed by atoms with E-state index in [0.717, 1.165) is 24.1 Å². The Morgan fingerprint density at radius 1 is 1.33 bits per heavy atom. The van der Waals surface area contributed by atoms with Crippen molar-refractivity contribution in [3.8, 4) is 0 Å². The molecule has 1 aliphatic rings. The molecule has 4 heteroatoms. The summed E-state index contributed by atoms with van der Waals surface area (Å²) >= 11 is 0. The van der Waals surface area contributed by atoms with Gasteiger partial charge in [-0.1, -0.05) is 25.0 Å². The van der Waals surface area contributed by atoms with Crippen LogP contribution in [0.2, 0.25) is 0 Å². The fraction of sp³-hybridized carbons (Fsp3) is 0.500. The Morgan fingerprint density at radius 2 is 2.00 bits per heavy atom. The number of nitrogens with zero attached hydrogens (tertiary/aromatic N) is 1. The van der Waals surface area contributed by atoms with Crippen LogP contribution in [0.5, 0.6) is 0 Å². The summed E-state index contributed by atoms with van der Waals surface area (Å²) in [4.78, 5) is 2.21. The predicted octanol–water partition coefficient (Wildman–Crippen LogP) is 1.71. The topological polar surface area (TPSA) is 73.3 Å². The van der Waals surface area contributed by atoms with Gasteiger partial charge in [-0.25, -0.2) is 0 Å². The zero-order valence-corrected chi connectivity index (χ0v) is 10.6. The Labute approximate surface area is 108 Å². The van der Waals surface area contributed by atoms with Crippen LogP contribution < -0.4 is 10.6 Å². The first-order valence-electron chi connectivity index (χ1n) is 6.55. The molecule has 2 rings (SSSR count). The number of hydrogen-bond acceptors (Lipinski definition) is 3. The molecule has 0 saturated heterocycles. The second-order valence-electron chi connectivity index (χ2n) is 4.79. The van der Waals surface area contributed by atoms with Gasteiger partial charge in [-0.3, -0.25) is 5.41 Å². The van der Waals surface area contributed by atoms with E-state index < -0.39 is 0 Å². The van der Waals surface area contributed by atoms with Crippen molar-refractivity contribution in [2.45, 2.75) is 31.7 Å². The molecule has 0 bridgehead atoms. The summed E-state index contributed by atoms with van der Waals surface area (Å²) in [5.41, 5.74) is 7.38. The lowest BCUT2D eigenvalue weighted by Crippen LogP contribution is -2.37. The average molecular weight is 247 g/mol. The Bertz CT molecular complexity index is 413. The van der Waals surface area contributed by atoms with E-state index >= 15 is 0 Å². The van der Waals surface area contributed by atoms with Crippen LogP contribution in [0.4, 0.5) is 5.69 Å². The first-order chi connectivity index (χ1) is 8.74. The molecule has 0 atom stereocenters. The minimum absolute atomic E-state index is 0.0894. The summed E-state index contributed by atoms with van der Waals surface area (Å²) in [5, 5.41) is 16.9. The molecule has 1 fully saturated rings. The summed E-state index contributed by atoms with van der Waals surface area (Å²) in [7, 11) is 0. The van der Waals surface area contributed by atoms with Crippen LogP contribution in [-0.2, 0) is 0 Å². The van der Waals surface area contributed by atoms with E-state index in [0.29, 0.717) is 12.6 Å². The standard InChI is InChI=1S/C14H21N3O/c15-14(16)12-7-3-4-8-13(12)17(9-10-18)11-5-1-2-6-11/h3-4,7-8,11,18H,1-2,5-6,9-10H2,(H3,15,16). The van der Waals surface area contributed by atoms with Crippen LogP contribution >= 0.6 is 0 Å². The molecule has 1 aromatic carbocycles. The first kappa shape index (κ1) is 12.9. The maximum Gasteiger partial charge on any atom is 0.124 e. The van der Waals surface area contributed by atoms with Gasteiger partial charge in [0.25, 0.3) is 0 Å². The molecule has 0 heterocycles. The van der Waals surface area contributed by atoms with Gasteiger partial charge >= 0.3 is 0 Å². The molecule has 0 amide bonds. The van der Waals surface area contributed by atoms with Gasteiger partial charge < -0.3 is 15.7 Å². The van der Waals surface area contributed by atoms with Crippen molar-refractivity contribution in [3.63, 3.8) is 0 Å². The monoisotopic (exact) mass is 247 g/mol. The molecular weight excluding hydrogens is 226 g/mol. The van der Waals surface area contributed by atoms with Crippen molar-refractivity contribution >= 4 is 11.5 Å². The fourth-order valence-electron chi connectivity index (χ4n) is 2.78. The van der Waals surface area contributed by atoms with Crippen molar-refractivity contribution in [2.75, 3.05) is 18.1 Å². The number of benzene rings is 1. The highest BCUT2D eigenvalue weighted by molar-refractivity contribution is 6.00. The van der Waals surface area contributed by atoms with Gasteiger partial charge in [0.2, 0.25) is 0 Å². The first-order valence-corrected chi connectivity index (χ1v) is 6.55. The van der Waals surface area contributed by atoms with Gasteiger partial charge in [-0.05, 0) is 25.0 Å². The third-order valence-corrected chi connectivity index (χ3v) is 3.61. The zero-order chi connectivity index (χ0) is 13.0. The highest BCUT2D eigenvalue weighted by atomic mass is 16.3. The summed E-state index contributed by atoms with van der Waals surface area (Å²) in [6.07, 6.45) is 4.81. The van der Waals surface area contributed by atoms with Crippen molar-refractivity contribution in [3.05, 3.63) is 29.8 Å². The normalized spacial score (nSPS) is 15.8. The Hall–Kier alpha value is -1.55. The number of aliphatic hydroxyl groups is 1. The minimum Gasteiger partial charge on any atom is -0.395 e. The predicted molar refractivity (Wildman–Crippen MR) is 74.1 cm³/mol. The number of para-hydroxylation sites is 1. The van der Waals surface area contributed by atoms with Crippen molar-refractivity contribution in [1.82, 2.24) is 0 Å². The van der Waals surface area contributed by atoms with E-state index in [9.17, 15) is 5.11 Å². The molecular formula is C14H21N3O. The van der Waals surface area contributed by atoms with E-state index in [1.165, 1.54) is 12.8 Å². The summed E-state index contributed by atoms with van der Waals surface area (Å²) in [6.45, 7) is 0.734. The molecule has 0 aromatic heterocycles. The van der Waals surface area contributed by atoms with E-state index in [1.54, 1.807) is 0 Å². The second kappa shape index (κ2) is 5.87. The van der Waals surface area contributed by atoms with Gasteiger partial charge in [-0.15, -0.1) is 0 Å². The molecule has 1 aliphatic carbocycles. The summed E-state index contributed by atoms with van der Waals surface area (Å²) in [6, 6.07) is 8.19. The number of nitrogen functional groups attached to an aromatic ring is 1. The summed E-state index contributed by atoms with van der Waals surface area (Å²) in [5.74, 6) is 0.0894. The minimum atomic E-state index is 0.0894. The van der Waals surface area contributed by atoms with E-state index in [2.05, 4.69) is 4.90 Å². The van der Waals surface area contributed by atoms with Gasteiger partial charge in [0.05, 0.1) is 6.61 Å². The maximum absolute atomic E-state index is 9.26. The quantitative estimate of drug-likeness (QED) is 0.548. The molecule has 1 aromatic rings. The molecule has 98 valence electrons. The third-order valence-electron chi connectivity index (χ3n) is 3.61. The van der Waals surface area contributed by atoms with E-state index in [4.69, 9.17) is 11.1 Å². The Balaban J connectivity index is 2.32. The third kappa shape index (κ3) is 2.64. The molecule has 0 aliphatic heterocycles. The highest BCUT2D eigenvalue weighted by Gasteiger charge is 2.24. The molecule has 0 spiro atoms. The number of rotatable bonds is 5. The van der Waals surface area contributed by atoms with Crippen molar-refractivity contribution < 1.29 is 5.11 Å². The lowest BCUT2D eigenvalue weighted by molar-refractivity contribution is 0.297. The highest BCUT2D eigenvalue weighted by Crippen LogP contribution is 2.30.